The summed E-state index contributed by atoms with van der Waals surface area (Å²) < 4.78 is 14.9. The highest BCUT2D eigenvalue weighted by molar-refractivity contribution is 6.34. The van der Waals surface area contributed by atoms with Gasteiger partial charge in [-0.3, -0.25) is 9.36 Å². The zero-order valence-corrected chi connectivity index (χ0v) is 16.8. The first-order valence-corrected chi connectivity index (χ1v) is 9.05. The number of hydrogen-bond acceptors (Lipinski definition) is 3. The van der Waals surface area contributed by atoms with Crippen LogP contribution in [0.15, 0.2) is 47.3 Å². The van der Waals surface area contributed by atoms with Crippen LogP contribution in [0.3, 0.4) is 0 Å². The summed E-state index contributed by atoms with van der Waals surface area (Å²) >= 11 is 12.4. The largest absolute Gasteiger partial charge is 0.352 e. The molecule has 5 nitrogen and oxygen atoms in total. The van der Waals surface area contributed by atoms with Crippen molar-refractivity contribution in [3.8, 4) is 5.69 Å². The lowest BCUT2D eigenvalue weighted by Crippen LogP contribution is -2.28. The first-order chi connectivity index (χ1) is 13.2. The van der Waals surface area contributed by atoms with Crippen molar-refractivity contribution in [3.63, 3.8) is 0 Å². The zero-order chi connectivity index (χ0) is 20.6. The molecule has 1 heterocycles. The average molecular weight is 420 g/mol. The lowest BCUT2D eigenvalue weighted by atomic mass is 10.1. The van der Waals surface area contributed by atoms with Gasteiger partial charge in [0.1, 0.15) is 5.82 Å². The van der Waals surface area contributed by atoms with E-state index in [0.717, 1.165) is 0 Å². The molecule has 2 aromatic carbocycles. The van der Waals surface area contributed by atoms with Crippen molar-refractivity contribution in [1.29, 1.82) is 0 Å². The van der Waals surface area contributed by atoms with Crippen molar-refractivity contribution in [3.05, 3.63) is 85.8 Å². The molecule has 0 spiro atoms. The summed E-state index contributed by atoms with van der Waals surface area (Å²) in [5, 5.41) is 0.528. The SMILES string of the molecule is Cc1cc(C)n(-c2cc(C(=O)N(C)c3cc(F)ccc3Cl)ccc2Cl)c(=O)n1. The molecular weight excluding hydrogens is 404 g/mol. The number of amides is 1. The number of hydrogen-bond donors (Lipinski definition) is 0. The standard InChI is InChI=1S/C20H16Cl2FN3O2/c1-11-8-12(2)26(20(28)24-11)18-9-13(4-6-16(18)22)19(27)25(3)17-10-14(23)5-7-15(17)21/h4-10H,1-3H3. The van der Waals surface area contributed by atoms with Crippen molar-refractivity contribution < 1.29 is 9.18 Å². The van der Waals surface area contributed by atoms with E-state index in [1.165, 1.54) is 52.9 Å². The molecule has 0 fully saturated rings. The van der Waals surface area contributed by atoms with Crippen molar-refractivity contribution in [2.45, 2.75) is 13.8 Å². The summed E-state index contributed by atoms with van der Waals surface area (Å²) in [6, 6.07) is 10.1. The Morgan fingerprint density at radius 1 is 1.07 bits per heavy atom. The van der Waals surface area contributed by atoms with E-state index >= 15 is 0 Å². The molecule has 0 saturated heterocycles. The Morgan fingerprint density at radius 3 is 2.43 bits per heavy atom. The van der Waals surface area contributed by atoms with Gasteiger partial charge in [-0.05, 0) is 56.3 Å². The smallest absolute Gasteiger partial charge is 0.310 e. The van der Waals surface area contributed by atoms with E-state index in [0.29, 0.717) is 22.1 Å². The van der Waals surface area contributed by atoms with E-state index in [4.69, 9.17) is 23.2 Å². The Balaban J connectivity index is 2.08. The van der Waals surface area contributed by atoms with Crippen molar-refractivity contribution >= 4 is 34.8 Å². The minimum absolute atomic E-state index is 0.230. The topological polar surface area (TPSA) is 55.2 Å². The van der Waals surface area contributed by atoms with Crippen LogP contribution >= 0.6 is 23.2 Å². The number of aryl methyl sites for hydroxylation is 2. The Bertz CT molecular complexity index is 1140. The van der Waals surface area contributed by atoms with Gasteiger partial charge in [0.05, 0.1) is 21.4 Å². The maximum Gasteiger partial charge on any atom is 0.352 e. The van der Waals surface area contributed by atoms with E-state index in [-0.39, 0.29) is 16.3 Å². The van der Waals surface area contributed by atoms with E-state index in [9.17, 15) is 14.0 Å². The Kier molecular flexibility index (Phi) is 5.54. The third kappa shape index (κ3) is 3.79. The monoisotopic (exact) mass is 419 g/mol. The molecule has 0 aliphatic rings. The minimum atomic E-state index is -0.510. The van der Waals surface area contributed by atoms with Crippen molar-refractivity contribution in [1.82, 2.24) is 9.55 Å². The fourth-order valence-electron chi connectivity index (χ4n) is 2.91. The highest BCUT2D eigenvalue weighted by Gasteiger charge is 2.19. The molecule has 28 heavy (non-hydrogen) atoms. The molecule has 1 amide bonds. The Morgan fingerprint density at radius 2 is 1.75 bits per heavy atom. The van der Waals surface area contributed by atoms with Crippen LogP contribution < -0.4 is 10.6 Å². The number of carbonyl (C=O) groups excluding carboxylic acids is 1. The molecule has 0 atom stereocenters. The van der Waals surface area contributed by atoms with Crippen LogP contribution in [0.5, 0.6) is 0 Å². The average Bonchev–Trinajstić information content (AvgIpc) is 2.63. The lowest BCUT2D eigenvalue weighted by Gasteiger charge is -2.20. The highest BCUT2D eigenvalue weighted by Crippen LogP contribution is 2.28. The molecule has 3 aromatic rings. The van der Waals surface area contributed by atoms with Gasteiger partial charge in [0.15, 0.2) is 0 Å². The number of nitrogens with zero attached hydrogens (tertiary/aromatic N) is 3. The summed E-state index contributed by atoms with van der Waals surface area (Å²) in [5.74, 6) is -0.944. The third-order valence-corrected chi connectivity index (χ3v) is 4.88. The van der Waals surface area contributed by atoms with E-state index in [2.05, 4.69) is 4.98 Å². The quantitative estimate of drug-likeness (QED) is 0.624. The predicted octanol–water partition coefficient (Wildman–Crippen LogP) is 4.57. The molecule has 0 unspecified atom stereocenters. The Labute approximate surface area is 171 Å². The molecule has 3 rings (SSSR count). The number of halogens is 3. The van der Waals surface area contributed by atoms with Gasteiger partial charge in [-0.15, -0.1) is 0 Å². The molecule has 0 radical (unpaired) electrons. The summed E-state index contributed by atoms with van der Waals surface area (Å²) in [7, 11) is 1.49. The molecular formula is C20H16Cl2FN3O2. The number of rotatable bonds is 3. The van der Waals surface area contributed by atoms with Crippen molar-refractivity contribution in [2.75, 3.05) is 11.9 Å². The van der Waals surface area contributed by atoms with Crippen LogP contribution in [0.2, 0.25) is 10.0 Å². The Hall–Kier alpha value is -2.70. The second-order valence-electron chi connectivity index (χ2n) is 6.28. The van der Waals surface area contributed by atoms with Gasteiger partial charge in [0, 0.05) is 24.0 Å². The minimum Gasteiger partial charge on any atom is -0.310 e. The lowest BCUT2D eigenvalue weighted by molar-refractivity contribution is 0.0993. The number of carbonyl (C=O) groups is 1. The summed E-state index contributed by atoms with van der Waals surface area (Å²) in [6.07, 6.45) is 0. The van der Waals surface area contributed by atoms with E-state index < -0.39 is 17.4 Å². The highest BCUT2D eigenvalue weighted by atomic mass is 35.5. The second kappa shape index (κ2) is 7.73. The van der Waals surface area contributed by atoms with Crippen molar-refractivity contribution in [2.24, 2.45) is 0 Å². The van der Waals surface area contributed by atoms with Gasteiger partial charge >= 0.3 is 5.69 Å². The van der Waals surface area contributed by atoms with Crippen LogP contribution in [-0.2, 0) is 0 Å². The van der Waals surface area contributed by atoms with Gasteiger partial charge in [0.25, 0.3) is 5.91 Å². The summed E-state index contributed by atoms with van der Waals surface area (Å²) in [5.41, 5.74) is 1.54. The fourth-order valence-corrected chi connectivity index (χ4v) is 3.35. The van der Waals surface area contributed by atoms with Gasteiger partial charge in [0.2, 0.25) is 0 Å². The number of anilines is 1. The molecule has 144 valence electrons. The maximum atomic E-state index is 13.6. The van der Waals surface area contributed by atoms with Gasteiger partial charge in [-0.1, -0.05) is 23.2 Å². The summed E-state index contributed by atoms with van der Waals surface area (Å²) in [4.78, 5) is 30.5. The molecule has 8 heteroatoms. The first-order valence-electron chi connectivity index (χ1n) is 8.29. The number of benzene rings is 2. The van der Waals surface area contributed by atoms with Gasteiger partial charge in [-0.25, -0.2) is 9.18 Å². The van der Waals surface area contributed by atoms with Gasteiger partial charge < -0.3 is 4.90 Å². The first kappa shape index (κ1) is 20.0. The third-order valence-electron chi connectivity index (χ3n) is 4.24. The molecule has 0 aliphatic carbocycles. The molecule has 0 aliphatic heterocycles. The number of aromatic nitrogens is 2. The summed E-state index contributed by atoms with van der Waals surface area (Å²) in [6.45, 7) is 3.47. The van der Waals surface area contributed by atoms with Crippen LogP contribution in [-0.4, -0.2) is 22.5 Å². The van der Waals surface area contributed by atoms with Crippen LogP contribution in [0.4, 0.5) is 10.1 Å². The predicted molar refractivity (Wildman–Crippen MR) is 108 cm³/mol. The van der Waals surface area contributed by atoms with Crippen LogP contribution in [0.25, 0.3) is 5.69 Å². The van der Waals surface area contributed by atoms with Crippen LogP contribution in [0.1, 0.15) is 21.7 Å². The molecule has 0 bridgehead atoms. The molecule has 1 aromatic heterocycles. The van der Waals surface area contributed by atoms with E-state index in [1.807, 2.05) is 0 Å². The normalized spacial score (nSPS) is 10.8. The second-order valence-corrected chi connectivity index (χ2v) is 7.10. The van der Waals surface area contributed by atoms with Gasteiger partial charge in [-0.2, -0.15) is 4.98 Å². The van der Waals surface area contributed by atoms with E-state index in [1.54, 1.807) is 19.9 Å². The molecule has 0 N–H and O–H groups in total. The zero-order valence-electron chi connectivity index (χ0n) is 15.3. The van der Waals surface area contributed by atoms with Crippen LogP contribution in [0, 0.1) is 19.7 Å². The molecule has 0 saturated carbocycles. The fraction of sp³-hybridized carbons (Fsp3) is 0.150. The maximum absolute atomic E-state index is 13.6.